The molecule has 0 saturated carbocycles. The number of aliphatic hydroxyl groups excluding tert-OH is 1. The van der Waals surface area contributed by atoms with E-state index >= 15 is 0 Å². The van der Waals surface area contributed by atoms with Crippen LogP contribution in [0.4, 0.5) is 13.2 Å². The summed E-state index contributed by atoms with van der Waals surface area (Å²) < 4.78 is 39.1. The van der Waals surface area contributed by atoms with Gasteiger partial charge in [-0.05, 0) is 41.5 Å². The van der Waals surface area contributed by atoms with Crippen molar-refractivity contribution in [1.29, 1.82) is 0 Å². The van der Waals surface area contributed by atoms with Crippen molar-refractivity contribution >= 4 is 23.2 Å². The predicted octanol–water partition coefficient (Wildman–Crippen LogP) is 4.69. The van der Waals surface area contributed by atoms with Crippen molar-refractivity contribution < 1.29 is 18.3 Å². The Morgan fingerprint density at radius 1 is 1.00 bits per heavy atom. The zero-order chi connectivity index (χ0) is 14.9. The highest BCUT2D eigenvalue weighted by atomic mass is 35.5. The molecule has 1 atom stereocenters. The molecule has 1 nitrogen and oxygen atoms in total. The summed E-state index contributed by atoms with van der Waals surface area (Å²) in [6, 6.07) is 6.18. The summed E-state index contributed by atoms with van der Waals surface area (Å²) in [5.41, 5.74) is 0.453. The Morgan fingerprint density at radius 2 is 1.60 bits per heavy atom. The maximum Gasteiger partial charge on any atom is 0.194 e. The molecule has 20 heavy (non-hydrogen) atoms. The minimum atomic E-state index is -1.57. The number of rotatable bonds is 3. The molecule has 0 amide bonds. The van der Waals surface area contributed by atoms with Crippen LogP contribution in [0.1, 0.15) is 17.2 Å². The number of hydrogen-bond donors (Lipinski definition) is 1. The summed E-state index contributed by atoms with van der Waals surface area (Å²) in [5, 5.41) is 10.8. The van der Waals surface area contributed by atoms with Gasteiger partial charge in [-0.15, -0.1) is 0 Å². The predicted molar refractivity (Wildman–Crippen MR) is 71.4 cm³/mol. The quantitative estimate of drug-likeness (QED) is 0.814. The van der Waals surface area contributed by atoms with Crippen molar-refractivity contribution in [2.45, 2.75) is 12.5 Å². The fourth-order valence-corrected chi connectivity index (χ4v) is 2.18. The Kier molecular flexibility index (Phi) is 4.58. The maximum atomic E-state index is 13.1. The highest BCUT2D eigenvalue weighted by Gasteiger charge is 2.17. The molecule has 0 aromatic heterocycles. The van der Waals surface area contributed by atoms with Gasteiger partial charge in [-0.3, -0.25) is 0 Å². The van der Waals surface area contributed by atoms with Gasteiger partial charge in [0.05, 0.1) is 6.10 Å². The molecule has 0 fully saturated rings. The molecular weight excluding hydrogens is 312 g/mol. The molecule has 0 aliphatic heterocycles. The monoisotopic (exact) mass is 320 g/mol. The van der Waals surface area contributed by atoms with Crippen LogP contribution in [0.25, 0.3) is 0 Å². The van der Waals surface area contributed by atoms with E-state index in [2.05, 4.69) is 0 Å². The highest BCUT2D eigenvalue weighted by molar-refractivity contribution is 6.33. The lowest BCUT2D eigenvalue weighted by Crippen LogP contribution is -2.05. The highest BCUT2D eigenvalue weighted by Crippen LogP contribution is 2.27. The molecule has 2 aromatic rings. The van der Waals surface area contributed by atoms with Gasteiger partial charge >= 0.3 is 0 Å². The zero-order valence-electron chi connectivity index (χ0n) is 10.0. The van der Waals surface area contributed by atoms with E-state index in [1.165, 1.54) is 0 Å². The first-order valence-electron chi connectivity index (χ1n) is 5.65. The van der Waals surface area contributed by atoms with Gasteiger partial charge in [0.1, 0.15) is 0 Å². The molecule has 2 rings (SSSR count). The molecular formula is C14H9Cl2F3O. The van der Waals surface area contributed by atoms with E-state index in [-0.39, 0.29) is 12.0 Å². The van der Waals surface area contributed by atoms with Crippen LogP contribution in [0.2, 0.25) is 10.0 Å². The van der Waals surface area contributed by atoms with Crippen LogP contribution in [-0.4, -0.2) is 5.11 Å². The minimum Gasteiger partial charge on any atom is -0.388 e. The lowest BCUT2D eigenvalue weighted by Gasteiger charge is -2.13. The van der Waals surface area contributed by atoms with Crippen LogP contribution in [0.5, 0.6) is 0 Å². The number of halogens is 5. The summed E-state index contributed by atoms with van der Waals surface area (Å²) >= 11 is 11.7. The molecule has 1 unspecified atom stereocenters. The smallest absolute Gasteiger partial charge is 0.194 e. The third-order valence-electron chi connectivity index (χ3n) is 2.81. The molecule has 0 bridgehead atoms. The second-order valence-corrected chi connectivity index (χ2v) is 5.10. The topological polar surface area (TPSA) is 20.2 Å². The summed E-state index contributed by atoms with van der Waals surface area (Å²) in [4.78, 5) is 0. The Bertz CT molecular complexity index is 623. The van der Waals surface area contributed by atoms with Crippen molar-refractivity contribution in [1.82, 2.24) is 0 Å². The Hall–Kier alpha value is -1.23. The molecule has 0 saturated heterocycles. The maximum absolute atomic E-state index is 13.1. The van der Waals surface area contributed by atoms with E-state index in [0.717, 1.165) is 12.1 Å². The van der Waals surface area contributed by atoms with Crippen molar-refractivity contribution in [3.8, 4) is 0 Å². The van der Waals surface area contributed by atoms with Crippen molar-refractivity contribution in [3.05, 3.63) is 69.0 Å². The number of benzene rings is 2. The zero-order valence-corrected chi connectivity index (χ0v) is 11.5. The molecule has 0 radical (unpaired) electrons. The SMILES string of the molecule is OC(Cc1cc(Cl)ccc1Cl)c1cc(F)c(F)c(F)c1. The van der Waals surface area contributed by atoms with Crippen LogP contribution < -0.4 is 0 Å². The first-order valence-corrected chi connectivity index (χ1v) is 6.40. The Balaban J connectivity index is 2.28. The third kappa shape index (κ3) is 3.26. The van der Waals surface area contributed by atoms with Crippen LogP contribution in [0.3, 0.4) is 0 Å². The van der Waals surface area contributed by atoms with Crippen LogP contribution >= 0.6 is 23.2 Å². The normalized spacial score (nSPS) is 12.5. The molecule has 0 spiro atoms. The van der Waals surface area contributed by atoms with Gasteiger partial charge in [0.2, 0.25) is 0 Å². The van der Waals surface area contributed by atoms with Gasteiger partial charge < -0.3 is 5.11 Å². The lowest BCUT2D eigenvalue weighted by atomic mass is 10.0. The third-order valence-corrected chi connectivity index (χ3v) is 3.42. The fraction of sp³-hybridized carbons (Fsp3) is 0.143. The van der Waals surface area contributed by atoms with Crippen molar-refractivity contribution in [2.24, 2.45) is 0 Å². The van der Waals surface area contributed by atoms with Gasteiger partial charge in [0.15, 0.2) is 17.5 Å². The first kappa shape index (κ1) is 15.2. The molecule has 0 heterocycles. The Morgan fingerprint density at radius 3 is 2.20 bits per heavy atom. The number of aliphatic hydroxyl groups is 1. The van der Waals surface area contributed by atoms with Gasteiger partial charge in [-0.2, -0.15) is 0 Å². The average Bonchev–Trinajstić information content (AvgIpc) is 2.39. The van der Waals surface area contributed by atoms with Crippen LogP contribution in [0, 0.1) is 17.5 Å². The van der Waals surface area contributed by atoms with Gasteiger partial charge in [-0.1, -0.05) is 23.2 Å². The van der Waals surface area contributed by atoms with Crippen LogP contribution in [0.15, 0.2) is 30.3 Å². The van der Waals surface area contributed by atoms with Gasteiger partial charge in [-0.25, -0.2) is 13.2 Å². The van der Waals surface area contributed by atoms with Crippen molar-refractivity contribution in [2.75, 3.05) is 0 Å². The summed E-state index contributed by atoms with van der Waals surface area (Å²) in [7, 11) is 0. The standard InChI is InChI=1S/C14H9Cl2F3O/c15-9-1-2-10(16)7(3-9)6-13(20)8-4-11(17)14(19)12(18)5-8/h1-5,13,20H,6H2. The largest absolute Gasteiger partial charge is 0.388 e. The second-order valence-electron chi connectivity index (χ2n) is 4.25. The van der Waals surface area contributed by atoms with E-state index in [1.54, 1.807) is 18.2 Å². The molecule has 0 aliphatic rings. The van der Waals surface area contributed by atoms with E-state index in [9.17, 15) is 18.3 Å². The summed E-state index contributed by atoms with van der Waals surface area (Å²) in [6.07, 6.45) is -1.22. The molecule has 106 valence electrons. The van der Waals surface area contributed by atoms with Gasteiger partial charge in [0.25, 0.3) is 0 Å². The molecule has 0 aliphatic carbocycles. The first-order chi connectivity index (χ1) is 9.38. The summed E-state index contributed by atoms with van der Waals surface area (Å²) in [5.74, 6) is -4.27. The molecule has 6 heteroatoms. The van der Waals surface area contributed by atoms with E-state index in [4.69, 9.17) is 23.2 Å². The second kappa shape index (κ2) is 6.04. The fourth-order valence-electron chi connectivity index (χ4n) is 1.79. The lowest BCUT2D eigenvalue weighted by molar-refractivity contribution is 0.177. The minimum absolute atomic E-state index is 0.00387. The summed E-state index contributed by atoms with van der Waals surface area (Å²) in [6.45, 7) is 0. The van der Waals surface area contributed by atoms with Gasteiger partial charge in [0, 0.05) is 16.5 Å². The van der Waals surface area contributed by atoms with E-state index in [0.29, 0.717) is 15.6 Å². The van der Waals surface area contributed by atoms with E-state index < -0.39 is 23.6 Å². The van der Waals surface area contributed by atoms with E-state index in [1.807, 2.05) is 0 Å². The number of hydrogen-bond acceptors (Lipinski definition) is 1. The Labute approximate surface area is 123 Å². The molecule has 1 N–H and O–H groups in total. The van der Waals surface area contributed by atoms with Crippen molar-refractivity contribution in [3.63, 3.8) is 0 Å². The average molecular weight is 321 g/mol. The van der Waals surface area contributed by atoms with Crippen LogP contribution in [-0.2, 0) is 6.42 Å². The molecule has 2 aromatic carbocycles.